The van der Waals surface area contributed by atoms with Crippen LogP contribution in [-0.4, -0.2) is 35.9 Å². The van der Waals surface area contributed by atoms with Crippen molar-refractivity contribution in [2.24, 2.45) is 0 Å². The van der Waals surface area contributed by atoms with Gasteiger partial charge in [-0.25, -0.2) is 9.59 Å². The van der Waals surface area contributed by atoms with Crippen molar-refractivity contribution in [2.45, 2.75) is 0 Å². The number of nitrogens with one attached hydrogen (secondary N) is 4. The molecule has 0 fully saturated rings. The van der Waals surface area contributed by atoms with Crippen molar-refractivity contribution in [1.29, 1.82) is 0 Å². The third kappa shape index (κ3) is 19.1. The Hall–Kier alpha value is -2.94. The van der Waals surface area contributed by atoms with Gasteiger partial charge in [0.15, 0.2) is 0 Å². The van der Waals surface area contributed by atoms with Crippen LogP contribution >= 0.6 is 0 Å². The molecule has 2 aromatic rings. The molecule has 0 aromatic carbocycles. The minimum absolute atomic E-state index is 0. The first-order valence-electron chi connectivity index (χ1n) is 4.12. The first-order valence-corrected chi connectivity index (χ1v) is 4.12. The average molecular weight is 443 g/mol. The average Bonchev–Trinajstić information content (AvgIpc) is 2.12. The van der Waals surface area contributed by atoms with Gasteiger partial charge in [-0.3, -0.25) is 24.4 Å². The van der Waals surface area contributed by atoms with E-state index < -0.39 is 34.5 Å². The van der Waals surface area contributed by atoms with E-state index in [4.69, 9.17) is 0 Å². The molecular formula is C6H23FeN6O13+5. The summed E-state index contributed by atoms with van der Waals surface area (Å²) in [7, 11) is 0. The topological polar surface area (TPSA) is 427 Å². The van der Waals surface area contributed by atoms with Crippen LogP contribution in [0.15, 0.2) is 24.0 Å². The van der Waals surface area contributed by atoms with E-state index in [9.17, 15) is 29.1 Å². The molecule has 19 nitrogen and oxygen atoms in total. The number of hydrogen-bond acceptors (Lipinski definition) is 7. The van der Waals surface area contributed by atoms with E-state index in [-0.39, 0.29) is 55.4 Å². The standard InChI is InChI=1S/2C3H3N3O3.Fe.7H2O/c2*7-1-4-2(8)6-3(9)5-1;;;;;;;;/h2*(H3,4,5,6,7,8,9);;7*1H2/q;;+2;;;;;;;/p+3. The van der Waals surface area contributed by atoms with E-state index in [0.29, 0.717) is 0 Å². The molecule has 0 bridgehead atoms. The van der Waals surface area contributed by atoms with Gasteiger partial charge in [0, 0.05) is 0 Å². The van der Waals surface area contributed by atoms with E-state index in [0.717, 1.165) is 0 Å². The van der Waals surface area contributed by atoms with Crippen LogP contribution in [0, 0.1) is 0 Å². The number of aromatic amines is 4. The van der Waals surface area contributed by atoms with Gasteiger partial charge in [-0.1, -0.05) is 0 Å². The molecule has 0 aliphatic rings. The molecule has 0 aliphatic heterocycles. The molecule has 2 heterocycles. The summed E-state index contributed by atoms with van der Waals surface area (Å²) < 4.78 is 0. The van der Waals surface area contributed by atoms with Gasteiger partial charge in [-0.05, 0) is 0 Å². The zero-order chi connectivity index (χ0) is 13.7. The molecular weight excluding hydrogens is 420 g/mol. The van der Waals surface area contributed by atoms with E-state index in [2.05, 4.69) is 9.97 Å². The summed E-state index contributed by atoms with van der Waals surface area (Å²) in [4.78, 5) is 63.3. The van der Waals surface area contributed by atoms with Crippen LogP contribution in [0.2, 0.25) is 0 Å². The summed E-state index contributed by atoms with van der Waals surface area (Å²) in [6.45, 7) is 0. The first kappa shape index (κ1) is 49.5. The molecule has 2 aromatic heterocycles. The van der Waals surface area contributed by atoms with Crippen LogP contribution in [-0.2, 0) is 44.4 Å². The fourth-order valence-electron chi connectivity index (χ4n) is 0.747. The maximum absolute atomic E-state index is 10.2. The van der Waals surface area contributed by atoms with Crippen molar-refractivity contribution < 1.29 is 60.5 Å². The molecule has 0 amide bonds. The van der Waals surface area contributed by atoms with Crippen LogP contribution in [0.4, 0.5) is 0 Å². The van der Waals surface area contributed by atoms with Crippen molar-refractivity contribution in [3.8, 4) is 6.01 Å². The fourth-order valence-corrected chi connectivity index (χ4v) is 0.747. The smallest absolute Gasteiger partial charge is 0.846 e. The van der Waals surface area contributed by atoms with Gasteiger partial charge >= 0.3 is 28.4 Å². The molecule has 20 heteroatoms. The molecule has 158 valence electrons. The Morgan fingerprint density at radius 1 is 0.692 bits per heavy atom. The predicted molar refractivity (Wildman–Crippen MR) is 83.8 cm³/mol. The van der Waals surface area contributed by atoms with Gasteiger partial charge in [-0.2, -0.15) is 4.98 Å². The second kappa shape index (κ2) is 22.1. The Balaban J connectivity index is -0.0000000318. The Morgan fingerprint density at radius 2 is 1.04 bits per heavy atom. The minimum atomic E-state index is -0.927. The zero-order valence-corrected chi connectivity index (χ0v) is 13.7. The number of hydrogen-bond donors (Lipinski definition) is 4. The number of aromatic nitrogens is 6. The molecule has 0 spiro atoms. The number of H-pyrrole nitrogens is 4. The monoisotopic (exact) mass is 443 g/mol. The van der Waals surface area contributed by atoms with Crippen molar-refractivity contribution in [3.05, 3.63) is 52.4 Å². The van der Waals surface area contributed by atoms with Gasteiger partial charge in [0.2, 0.25) is 17.1 Å². The molecule has 0 saturated heterocycles. The van der Waals surface area contributed by atoms with Gasteiger partial charge < -0.3 is 58.4 Å². The van der Waals surface area contributed by atoms with Crippen LogP contribution < -0.4 is 38.5 Å². The van der Waals surface area contributed by atoms with Crippen LogP contribution in [0.5, 0.6) is 6.01 Å². The molecule has 0 atom stereocenters. The molecule has 26 heavy (non-hydrogen) atoms. The molecule has 0 aliphatic carbocycles. The Kier molecular flexibility index (Phi) is 42.0. The molecule has 23 N–H and O–H groups in total. The summed E-state index contributed by atoms with van der Waals surface area (Å²) in [5, 5.41) is 10.1. The summed E-state index contributed by atoms with van der Waals surface area (Å²) in [6.07, 6.45) is 0. The number of rotatable bonds is 0. The second-order valence-electron chi connectivity index (χ2n) is 2.60. The largest absolute Gasteiger partial charge is 2.00 e. The summed E-state index contributed by atoms with van der Waals surface area (Å²) >= 11 is 0. The van der Waals surface area contributed by atoms with Gasteiger partial charge in [0.05, 0.1) is 6.01 Å². The van der Waals surface area contributed by atoms with Crippen LogP contribution in [0.25, 0.3) is 0 Å². The van der Waals surface area contributed by atoms with Crippen LogP contribution in [0.3, 0.4) is 0 Å². The Labute approximate surface area is 149 Å². The zero-order valence-electron chi connectivity index (χ0n) is 12.6. The summed E-state index contributed by atoms with van der Waals surface area (Å²) in [5.74, 6) is 0. The van der Waals surface area contributed by atoms with Gasteiger partial charge in [-0.15, -0.1) is 0 Å². The normalized spacial score (nSPS) is 6.46. The Morgan fingerprint density at radius 3 is 1.31 bits per heavy atom. The van der Waals surface area contributed by atoms with E-state index in [1.54, 1.807) is 19.9 Å². The third-order valence-corrected chi connectivity index (χ3v) is 1.29. The maximum atomic E-state index is 10.2. The number of nitrogens with zero attached hydrogens (tertiary/aromatic N) is 2. The van der Waals surface area contributed by atoms with Crippen LogP contribution in [0.1, 0.15) is 0 Å². The second-order valence-corrected chi connectivity index (χ2v) is 2.60. The van der Waals surface area contributed by atoms with Crippen molar-refractivity contribution >= 4 is 0 Å². The van der Waals surface area contributed by atoms with Crippen molar-refractivity contribution in [3.63, 3.8) is 0 Å². The molecule has 2 rings (SSSR count). The molecule has 0 saturated carbocycles. The Bertz CT molecular complexity index is 712. The van der Waals surface area contributed by atoms with E-state index >= 15 is 0 Å². The molecule has 0 unspecified atom stereocenters. The fraction of sp³-hybridized carbons (Fsp3) is 0. The summed E-state index contributed by atoms with van der Waals surface area (Å²) in [6, 6.07) is -0.927. The predicted octanol–water partition coefficient (Wildman–Crippen LogP) is -11.3. The summed E-state index contributed by atoms with van der Waals surface area (Å²) in [5.41, 5.74) is -4.45. The minimum Gasteiger partial charge on any atom is -0.846 e. The first-order chi connectivity index (χ1) is 8.36. The van der Waals surface area contributed by atoms with Crippen molar-refractivity contribution in [2.75, 3.05) is 0 Å². The van der Waals surface area contributed by atoms with E-state index in [1.165, 1.54) is 0 Å². The van der Waals surface area contributed by atoms with Gasteiger partial charge in [0.1, 0.15) is 0 Å². The SMILES string of the molecule is O.O.O=c1[n-]c(=O)[nH]c(=O)[nH]1.O=c1nc([O-])[nH]c(=O)[nH]1.[Fe+2].[OH3+].[OH3+].[OH3+].[OH3+].[OH3+]. The third-order valence-electron chi connectivity index (χ3n) is 1.29. The molecule has 0 radical (unpaired) electrons. The maximum Gasteiger partial charge on any atom is 2.00 e. The quantitative estimate of drug-likeness (QED) is 0.223. The van der Waals surface area contributed by atoms with E-state index in [1.807, 2.05) is 0 Å². The van der Waals surface area contributed by atoms with Gasteiger partial charge in [0.25, 0.3) is 0 Å². The van der Waals surface area contributed by atoms with Crippen molar-refractivity contribution in [1.82, 2.24) is 29.9 Å².